The molecule has 0 saturated carbocycles. The topological polar surface area (TPSA) is 38.3 Å². The van der Waals surface area contributed by atoms with Crippen molar-refractivity contribution >= 4 is 11.7 Å². The standard InChI is InChI=1S/C23H27NO2/c1-23(2,3)26-22(25)24-21(18-11-5-4-6-12-18)16-19-14-9-13-17-10-7-8-15-20(17)19/h4-8,10-12,14-15,21H,9,13,16H2,1-3H3,(H,24,25)/t21-/m1/s1. The Hall–Kier alpha value is -2.55. The number of allylic oxidation sites excluding steroid dienone is 1. The molecule has 0 aromatic heterocycles. The van der Waals surface area contributed by atoms with Crippen molar-refractivity contribution < 1.29 is 9.53 Å². The van der Waals surface area contributed by atoms with Gasteiger partial charge in [0.05, 0.1) is 6.04 Å². The number of carbonyl (C=O) groups excluding carboxylic acids is 1. The van der Waals surface area contributed by atoms with E-state index in [0.717, 1.165) is 24.8 Å². The van der Waals surface area contributed by atoms with Gasteiger partial charge in [0.15, 0.2) is 0 Å². The summed E-state index contributed by atoms with van der Waals surface area (Å²) in [7, 11) is 0. The quantitative estimate of drug-likeness (QED) is 0.772. The van der Waals surface area contributed by atoms with E-state index in [1.807, 2.05) is 39.0 Å². The highest BCUT2D eigenvalue weighted by molar-refractivity contribution is 5.73. The van der Waals surface area contributed by atoms with Gasteiger partial charge in [0.2, 0.25) is 0 Å². The Bertz CT molecular complexity index is 787. The third kappa shape index (κ3) is 4.75. The number of aryl methyl sites for hydroxylation is 1. The van der Waals surface area contributed by atoms with Crippen molar-refractivity contribution in [2.75, 3.05) is 0 Å². The maximum Gasteiger partial charge on any atom is 0.408 e. The average Bonchev–Trinajstić information content (AvgIpc) is 2.60. The van der Waals surface area contributed by atoms with E-state index in [0.29, 0.717) is 0 Å². The van der Waals surface area contributed by atoms with E-state index in [1.54, 1.807) is 0 Å². The third-order valence-corrected chi connectivity index (χ3v) is 4.48. The van der Waals surface area contributed by atoms with Crippen LogP contribution in [0.3, 0.4) is 0 Å². The zero-order valence-electron chi connectivity index (χ0n) is 15.8. The predicted molar refractivity (Wildman–Crippen MR) is 106 cm³/mol. The minimum atomic E-state index is -0.512. The first-order valence-corrected chi connectivity index (χ1v) is 9.24. The SMILES string of the molecule is CC(C)(C)OC(=O)N[C@H](CC1=CCCc2ccccc21)c1ccccc1. The molecular weight excluding hydrogens is 322 g/mol. The summed E-state index contributed by atoms with van der Waals surface area (Å²) in [6, 6.07) is 18.5. The van der Waals surface area contributed by atoms with Crippen LogP contribution in [0, 0.1) is 0 Å². The number of rotatable bonds is 4. The number of amides is 1. The third-order valence-electron chi connectivity index (χ3n) is 4.48. The summed E-state index contributed by atoms with van der Waals surface area (Å²) >= 11 is 0. The van der Waals surface area contributed by atoms with Gasteiger partial charge in [0.25, 0.3) is 0 Å². The van der Waals surface area contributed by atoms with E-state index in [9.17, 15) is 4.79 Å². The summed E-state index contributed by atoms with van der Waals surface area (Å²) in [4.78, 5) is 12.4. The molecule has 1 atom stereocenters. The summed E-state index contributed by atoms with van der Waals surface area (Å²) < 4.78 is 5.48. The number of nitrogens with one attached hydrogen (secondary N) is 1. The molecule has 0 spiro atoms. The Morgan fingerprint density at radius 2 is 1.77 bits per heavy atom. The molecule has 1 aliphatic rings. The van der Waals surface area contributed by atoms with Crippen LogP contribution in [-0.2, 0) is 11.2 Å². The van der Waals surface area contributed by atoms with Gasteiger partial charge in [0, 0.05) is 0 Å². The summed E-state index contributed by atoms with van der Waals surface area (Å²) in [5.74, 6) is 0. The van der Waals surface area contributed by atoms with Crippen molar-refractivity contribution in [3.63, 3.8) is 0 Å². The van der Waals surface area contributed by atoms with Crippen LogP contribution in [0.1, 0.15) is 56.3 Å². The highest BCUT2D eigenvalue weighted by Crippen LogP contribution is 2.33. The van der Waals surface area contributed by atoms with Gasteiger partial charge < -0.3 is 10.1 Å². The van der Waals surface area contributed by atoms with Gasteiger partial charge in [-0.2, -0.15) is 0 Å². The van der Waals surface area contributed by atoms with Gasteiger partial charge in [-0.05, 0) is 62.3 Å². The van der Waals surface area contributed by atoms with Gasteiger partial charge in [-0.15, -0.1) is 0 Å². The largest absolute Gasteiger partial charge is 0.444 e. The Morgan fingerprint density at radius 1 is 1.08 bits per heavy atom. The van der Waals surface area contributed by atoms with Crippen LogP contribution in [0.5, 0.6) is 0 Å². The van der Waals surface area contributed by atoms with Crippen LogP contribution in [0.4, 0.5) is 4.79 Å². The highest BCUT2D eigenvalue weighted by atomic mass is 16.6. The first-order chi connectivity index (χ1) is 12.4. The van der Waals surface area contributed by atoms with Crippen LogP contribution in [0.15, 0.2) is 60.7 Å². The molecule has 2 aromatic rings. The van der Waals surface area contributed by atoms with Gasteiger partial charge in [-0.3, -0.25) is 0 Å². The number of hydrogen-bond acceptors (Lipinski definition) is 2. The van der Waals surface area contributed by atoms with Crippen molar-refractivity contribution in [1.29, 1.82) is 0 Å². The molecule has 1 amide bonds. The van der Waals surface area contributed by atoms with E-state index < -0.39 is 5.60 Å². The first-order valence-electron chi connectivity index (χ1n) is 9.24. The zero-order valence-corrected chi connectivity index (χ0v) is 15.8. The zero-order chi connectivity index (χ0) is 18.6. The number of benzene rings is 2. The fourth-order valence-electron chi connectivity index (χ4n) is 3.36. The summed E-state index contributed by atoms with van der Waals surface area (Å²) in [5, 5.41) is 3.07. The minimum absolute atomic E-state index is 0.122. The smallest absolute Gasteiger partial charge is 0.408 e. The molecular formula is C23H27NO2. The molecule has 1 N–H and O–H groups in total. The molecule has 0 fully saturated rings. The molecule has 1 aliphatic carbocycles. The molecule has 3 nitrogen and oxygen atoms in total. The van der Waals surface area contributed by atoms with E-state index in [2.05, 4.69) is 47.8 Å². The molecule has 26 heavy (non-hydrogen) atoms. The Kier molecular flexibility index (Phi) is 5.46. The van der Waals surface area contributed by atoms with E-state index in [-0.39, 0.29) is 12.1 Å². The molecule has 0 radical (unpaired) electrons. The van der Waals surface area contributed by atoms with Crippen molar-refractivity contribution in [1.82, 2.24) is 5.32 Å². The average molecular weight is 349 g/mol. The summed E-state index contributed by atoms with van der Waals surface area (Å²) in [6.07, 6.45) is 4.79. The van der Waals surface area contributed by atoms with Crippen molar-refractivity contribution in [3.8, 4) is 0 Å². The van der Waals surface area contributed by atoms with Gasteiger partial charge in [-0.25, -0.2) is 4.79 Å². The molecule has 0 saturated heterocycles. The predicted octanol–water partition coefficient (Wildman–Crippen LogP) is 5.67. The Morgan fingerprint density at radius 3 is 2.50 bits per heavy atom. The molecule has 0 aliphatic heterocycles. The normalized spacial score (nSPS) is 14.8. The summed E-state index contributed by atoms with van der Waals surface area (Å²) in [5.41, 5.74) is 4.54. The van der Waals surface area contributed by atoms with Crippen LogP contribution in [0.25, 0.3) is 5.57 Å². The van der Waals surface area contributed by atoms with E-state index in [1.165, 1.54) is 16.7 Å². The van der Waals surface area contributed by atoms with Gasteiger partial charge >= 0.3 is 6.09 Å². The molecule has 3 rings (SSSR count). The second-order valence-electron chi connectivity index (χ2n) is 7.74. The second-order valence-corrected chi connectivity index (χ2v) is 7.74. The molecule has 136 valence electrons. The monoisotopic (exact) mass is 349 g/mol. The number of alkyl carbamates (subject to hydrolysis) is 1. The molecule has 3 heteroatoms. The number of fused-ring (bicyclic) bond motifs is 1. The Balaban J connectivity index is 1.83. The van der Waals surface area contributed by atoms with Crippen LogP contribution in [0.2, 0.25) is 0 Å². The minimum Gasteiger partial charge on any atom is -0.444 e. The lowest BCUT2D eigenvalue weighted by molar-refractivity contribution is 0.0504. The lowest BCUT2D eigenvalue weighted by Gasteiger charge is -2.26. The Labute approximate surface area is 156 Å². The molecule has 0 bridgehead atoms. The lowest BCUT2D eigenvalue weighted by atomic mass is 9.86. The molecule has 2 aromatic carbocycles. The molecule has 0 heterocycles. The van der Waals surface area contributed by atoms with Gasteiger partial charge in [-0.1, -0.05) is 60.7 Å². The second kappa shape index (κ2) is 7.77. The van der Waals surface area contributed by atoms with Crippen LogP contribution in [-0.4, -0.2) is 11.7 Å². The fourth-order valence-corrected chi connectivity index (χ4v) is 3.36. The number of carbonyl (C=O) groups is 1. The maximum atomic E-state index is 12.4. The fraction of sp³-hybridized carbons (Fsp3) is 0.348. The highest BCUT2D eigenvalue weighted by Gasteiger charge is 2.23. The lowest BCUT2D eigenvalue weighted by Crippen LogP contribution is -2.35. The van der Waals surface area contributed by atoms with Crippen molar-refractivity contribution in [3.05, 3.63) is 77.4 Å². The van der Waals surface area contributed by atoms with E-state index >= 15 is 0 Å². The maximum absolute atomic E-state index is 12.4. The van der Waals surface area contributed by atoms with Gasteiger partial charge in [0.1, 0.15) is 5.60 Å². The van der Waals surface area contributed by atoms with Crippen molar-refractivity contribution in [2.45, 2.75) is 51.7 Å². The van der Waals surface area contributed by atoms with Crippen LogP contribution < -0.4 is 5.32 Å². The number of hydrogen-bond donors (Lipinski definition) is 1. The van der Waals surface area contributed by atoms with Crippen LogP contribution >= 0.6 is 0 Å². The first kappa shape index (κ1) is 18.2. The van der Waals surface area contributed by atoms with Crippen molar-refractivity contribution in [2.24, 2.45) is 0 Å². The van der Waals surface area contributed by atoms with E-state index in [4.69, 9.17) is 4.74 Å². The summed E-state index contributed by atoms with van der Waals surface area (Å²) in [6.45, 7) is 5.64. The number of ether oxygens (including phenoxy) is 1. The molecule has 0 unspecified atom stereocenters.